The van der Waals surface area contributed by atoms with Crippen LogP contribution < -0.4 is 0 Å². The quantitative estimate of drug-likeness (QED) is 0.801. The number of piperidine rings is 2. The summed E-state index contributed by atoms with van der Waals surface area (Å²) >= 11 is 0. The number of sulfonamides is 1. The van der Waals surface area contributed by atoms with E-state index in [0.29, 0.717) is 25.0 Å². The number of hydrogen-bond acceptors (Lipinski definition) is 3. The van der Waals surface area contributed by atoms with Crippen LogP contribution in [0.5, 0.6) is 0 Å². The van der Waals surface area contributed by atoms with E-state index in [1.807, 2.05) is 6.07 Å². The van der Waals surface area contributed by atoms with E-state index >= 15 is 0 Å². The van der Waals surface area contributed by atoms with E-state index in [2.05, 4.69) is 4.90 Å². The van der Waals surface area contributed by atoms with Gasteiger partial charge in [-0.15, -0.1) is 0 Å². The third-order valence-electron chi connectivity index (χ3n) is 5.74. The Morgan fingerprint density at radius 1 is 1.12 bits per heavy atom. The fourth-order valence-electron chi connectivity index (χ4n) is 4.34. The molecule has 0 saturated carbocycles. The number of nitrogens with zero attached hydrogens (tertiary/aromatic N) is 2. The molecular formula is C19H29FN2O2S. The lowest BCUT2D eigenvalue weighted by atomic mass is 9.84. The third-order valence-corrected chi connectivity index (χ3v) is 7.62. The van der Waals surface area contributed by atoms with Crippen molar-refractivity contribution in [2.24, 2.45) is 5.92 Å². The Balaban J connectivity index is 1.64. The standard InChI is InChI=1S/C19H29FN2O2S/c1-2-25(23,24)22-12-9-17(10-13-22)19-8-3-4-11-21(19)15-16-6-5-7-18(20)14-16/h5-7,14,17,19H,2-4,8-13,15H2,1H3. The summed E-state index contributed by atoms with van der Waals surface area (Å²) < 4.78 is 39.2. The fraction of sp³-hybridized carbons (Fsp3) is 0.684. The molecule has 6 heteroatoms. The van der Waals surface area contributed by atoms with Gasteiger partial charge in [-0.3, -0.25) is 4.90 Å². The molecule has 2 aliphatic heterocycles. The summed E-state index contributed by atoms with van der Waals surface area (Å²) in [6.07, 6.45) is 5.46. The Hall–Kier alpha value is -0.980. The summed E-state index contributed by atoms with van der Waals surface area (Å²) in [7, 11) is -3.06. The minimum absolute atomic E-state index is 0.177. The lowest BCUT2D eigenvalue weighted by molar-refractivity contribution is 0.0684. The van der Waals surface area contributed by atoms with Gasteiger partial charge in [-0.25, -0.2) is 17.1 Å². The highest BCUT2D eigenvalue weighted by atomic mass is 32.2. The highest BCUT2D eigenvalue weighted by molar-refractivity contribution is 7.89. The van der Waals surface area contributed by atoms with Gasteiger partial charge in [0.05, 0.1) is 5.75 Å². The van der Waals surface area contributed by atoms with E-state index in [4.69, 9.17) is 0 Å². The maximum atomic E-state index is 13.5. The van der Waals surface area contributed by atoms with Gasteiger partial charge >= 0.3 is 0 Å². The van der Waals surface area contributed by atoms with Gasteiger partial charge in [-0.1, -0.05) is 18.6 Å². The van der Waals surface area contributed by atoms with Crippen LogP contribution in [-0.4, -0.2) is 49.1 Å². The van der Waals surface area contributed by atoms with Crippen LogP contribution >= 0.6 is 0 Å². The van der Waals surface area contributed by atoms with Crippen molar-refractivity contribution in [3.8, 4) is 0 Å². The molecular weight excluding hydrogens is 339 g/mol. The predicted octanol–water partition coefficient (Wildman–Crippen LogP) is 3.24. The smallest absolute Gasteiger partial charge is 0.213 e. The number of rotatable bonds is 5. The van der Waals surface area contributed by atoms with Crippen LogP contribution in [0.3, 0.4) is 0 Å². The summed E-state index contributed by atoms with van der Waals surface area (Å²) in [6, 6.07) is 7.37. The first-order valence-corrected chi connectivity index (χ1v) is 11.1. The summed E-state index contributed by atoms with van der Waals surface area (Å²) in [6.45, 7) is 4.84. The molecule has 0 bridgehead atoms. The first-order chi connectivity index (χ1) is 12.0. The molecule has 140 valence electrons. The van der Waals surface area contributed by atoms with Gasteiger partial charge < -0.3 is 0 Å². The van der Waals surface area contributed by atoms with Crippen LogP contribution in [0.15, 0.2) is 24.3 Å². The topological polar surface area (TPSA) is 40.6 Å². The summed E-state index contributed by atoms with van der Waals surface area (Å²) in [5.74, 6) is 0.550. The van der Waals surface area contributed by atoms with E-state index in [0.717, 1.165) is 31.5 Å². The molecule has 4 nitrogen and oxygen atoms in total. The van der Waals surface area contributed by atoms with Crippen LogP contribution in [0.4, 0.5) is 4.39 Å². The molecule has 1 aromatic rings. The molecule has 2 fully saturated rings. The summed E-state index contributed by atoms with van der Waals surface area (Å²) in [5.41, 5.74) is 1.03. The Morgan fingerprint density at radius 2 is 1.88 bits per heavy atom. The zero-order valence-electron chi connectivity index (χ0n) is 15.0. The average Bonchev–Trinajstić information content (AvgIpc) is 2.62. The van der Waals surface area contributed by atoms with Gasteiger partial charge in [-0.05, 0) is 62.8 Å². The maximum Gasteiger partial charge on any atom is 0.213 e. The van der Waals surface area contributed by atoms with E-state index in [1.165, 1.54) is 25.3 Å². The van der Waals surface area contributed by atoms with Gasteiger partial charge in [0.15, 0.2) is 0 Å². The highest BCUT2D eigenvalue weighted by Gasteiger charge is 2.34. The molecule has 3 rings (SSSR count). The van der Waals surface area contributed by atoms with Crippen molar-refractivity contribution in [3.63, 3.8) is 0 Å². The molecule has 0 aliphatic carbocycles. The van der Waals surface area contributed by atoms with Crippen molar-refractivity contribution in [1.82, 2.24) is 9.21 Å². The molecule has 0 amide bonds. The molecule has 1 unspecified atom stereocenters. The van der Waals surface area contributed by atoms with Crippen molar-refractivity contribution >= 4 is 10.0 Å². The van der Waals surface area contributed by atoms with Crippen molar-refractivity contribution < 1.29 is 12.8 Å². The second-order valence-electron chi connectivity index (χ2n) is 7.30. The van der Waals surface area contributed by atoms with E-state index in [-0.39, 0.29) is 11.6 Å². The van der Waals surface area contributed by atoms with Crippen LogP contribution in [0.1, 0.15) is 44.6 Å². The van der Waals surface area contributed by atoms with Gasteiger partial charge in [0.2, 0.25) is 10.0 Å². The maximum absolute atomic E-state index is 13.5. The van der Waals surface area contributed by atoms with Crippen molar-refractivity contribution in [2.45, 2.75) is 51.6 Å². The van der Waals surface area contributed by atoms with Gasteiger partial charge in [0, 0.05) is 25.7 Å². The van der Waals surface area contributed by atoms with Crippen molar-refractivity contribution in [1.29, 1.82) is 0 Å². The molecule has 1 atom stereocenters. The fourth-order valence-corrected chi connectivity index (χ4v) is 5.47. The second-order valence-corrected chi connectivity index (χ2v) is 9.56. The van der Waals surface area contributed by atoms with Crippen molar-refractivity contribution in [2.75, 3.05) is 25.4 Å². The normalized spacial score (nSPS) is 24.5. The van der Waals surface area contributed by atoms with Gasteiger partial charge in [0.1, 0.15) is 5.82 Å². The lowest BCUT2D eigenvalue weighted by Gasteiger charge is -2.43. The number of benzene rings is 1. The van der Waals surface area contributed by atoms with E-state index < -0.39 is 10.0 Å². The minimum atomic E-state index is -3.06. The molecule has 0 aromatic heterocycles. The minimum Gasteiger partial charge on any atom is -0.296 e. The molecule has 25 heavy (non-hydrogen) atoms. The van der Waals surface area contributed by atoms with Crippen LogP contribution in [0.25, 0.3) is 0 Å². The van der Waals surface area contributed by atoms with Crippen molar-refractivity contribution in [3.05, 3.63) is 35.6 Å². The number of hydrogen-bond donors (Lipinski definition) is 0. The van der Waals surface area contributed by atoms with Crippen LogP contribution in [-0.2, 0) is 16.6 Å². The molecule has 0 radical (unpaired) electrons. The molecule has 0 spiro atoms. The number of halogens is 1. The van der Waals surface area contributed by atoms with Gasteiger partial charge in [0.25, 0.3) is 0 Å². The summed E-state index contributed by atoms with van der Waals surface area (Å²) in [5, 5.41) is 0. The molecule has 1 aromatic carbocycles. The Morgan fingerprint density at radius 3 is 2.56 bits per heavy atom. The monoisotopic (exact) mass is 368 g/mol. The Bertz CT molecular complexity index is 672. The van der Waals surface area contributed by atoms with Crippen LogP contribution in [0, 0.1) is 11.7 Å². The number of likely N-dealkylation sites (tertiary alicyclic amines) is 1. The first-order valence-electron chi connectivity index (χ1n) is 9.46. The molecule has 2 aliphatic rings. The second kappa shape index (κ2) is 8.14. The average molecular weight is 369 g/mol. The third kappa shape index (κ3) is 4.60. The zero-order valence-corrected chi connectivity index (χ0v) is 15.8. The van der Waals surface area contributed by atoms with E-state index in [9.17, 15) is 12.8 Å². The Kier molecular flexibility index (Phi) is 6.12. The molecule has 2 saturated heterocycles. The predicted molar refractivity (Wildman–Crippen MR) is 98.2 cm³/mol. The summed E-state index contributed by atoms with van der Waals surface area (Å²) in [4.78, 5) is 2.49. The zero-order chi connectivity index (χ0) is 17.9. The Labute approximate surface area is 151 Å². The highest BCUT2D eigenvalue weighted by Crippen LogP contribution is 2.32. The van der Waals surface area contributed by atoms with Crippen LogP contribution in [0.2, 0.25) is 0 Å². The lowest BCUT2D eigenvalue weighted by Crippen LogP contribution is -2.48. The first kappa shape index (κ1) is 18.8. The molecule has 2 heterocycles. The van der Waals surface area contributed by atoms with E-state index in [1.54, 1.807) is 23.4 Å². The largest absolute Gasteiger partial charge is 0.296 e. The SMILES string of the molecule is CCS(=O)(=O)N1CCC(C2CCCCN2Cc2cccc(F)c2)CC1. The van der Waals surface area contributed by atoms with Gasteiger partial charge in [-0.2, -0.15) is 0 Å². The molecule has 0 N–H and O–H groups in total.